The molecule has 2 N–H and O–H groups in total. The van der Waals surface area contributed by atoms with Gasteiger partial charge >= 0.3 is 5.69 Å². The summed E-state index contributed by atoms with van der Waals surface area (Å²) in [5.74, 6) is 0. The van der Waals surface area contributed by atoms with E-state index in [0.29, 0.717) is 11.3 Å². The normalized spacial score (nSPS) is 10.2. The third kappa shape index (κ3) is 2.74. The number of benzene rings is 1. The predicted octanol–water partition coefficient (Wildman–Crippen LogP) is 0.535. The fraction of sp³-hybridized carbons (Fsp3) is 0.167. The molecule has 20 heavy (non-hydrogen) atoms. The predicted molar refractivity (Wildman–Crippen MR) is 73.1 cm³/mol. The molecule has 2 rings (SSSR count). The molecule has 104 valence electrons. The van der Waals surface area contributed by atoms with Crippen molar-refractivity contribution in [1.29, 1.82) is 0 Å². The number of aromatic nitrogens is 2. The number of hydrogen-bond acceptors (Lipinski definition) is 5. The molecule has 8 heteroatoms. The zero-order valence-corrected chi connectivity index (χ0v) is 10.6. The number of aromatic amines is 1. The van der Waals surface area contributed by atoms with Gasteiger partial charge in [-0.2, -0.15) is 0 Å². The first kappa shape index (κ1) is 13.5. The third-order valence-corrected chi connectivity index (χ3v) is 2.78. The van der Waals surface area contributed by atoms with Crippen molar-refractivity contribution in [2.75, 3.05) is 12.4 Å². The Morgan fingerprint density at radius 3 is 2.70 bits per heavy atom. The lowest BCUT2D eigenvalue weighted by molar-refractivity contribution is -0.384. The molecular weight excluding hydrogens is 264 g/mol. The molecule has 0 amide bonds. The second-order valence-corrected chi connectivity index (χ2v) is 4.10. The van der Waals surface area contributed by atoms with Crippen LogP contribution >= 0.6 is 0 Å². The van der Waals surface area contributed by atoms with E-state index < -0.39 is 16.2 Å². The van der Waals surface area contributed by atoms with Gasteiger partial charge in [0.1, 0.15) is 5.69 Å². The Kier molecular flexibility index (Phi) is 3.65. The van der Waals surface area contributed by atoms with E-state index in [0.717, 1.165) is 0 Å². The minimum Gasteiger partial charge on any atom is -0.383 e. The van der Waals surface area contributed by atoms with E-state index in [1.54, 1.807) is 19.2 Å². The summed E-state index contributed by atoms with van der Waals surface area (Å²) >= 11 is 0. The monoisotopic (exact) mass is 276 g/mol. The van der Waals surface area contributed by atoms with Gasteiger partial charge in [0.05, 0.1) is 11.5 Å². The molecular formula is C12H12N4O4. The van der Waals surface area contributed by atoms with Gasteiger partial charge < -0.3 is 5.32 Å². The van der Waals surface area contributed by atoms with Gasteiger partial charge in [-0.25, -0.2) is 4.79 Å². The van der Waals surface area contributed by atoms with Gasteiger partial charge in [0.15, 0.2) is 0 Å². The first-order valence-electron chi connectivity index (χ1n) is 5.76. The summed E-state index contributed by atoms with van der Waals surface area (Å²) in [6, 6.07) is 5.86. The molecule has 0 aliphatic heterocycles. The van der Waals surface area contributed by atoms with Crippen LogP contribution in [0.25, 0.3) is 0 Å². The second kappa shape index (κ2) is 5.39. The van der Waals surface area contributed by atoms with Gasteiger partial charge in [0.2, 0.25) is 0 Å². The van der Waals surface area contributed by atoms with Crippen molar-refractivity contribution in [3.8, 4) is 0 Å². The number of nitrogens with one attached hydrogen (secondary N) is 2. The Morgan fingerprint density at radius 1 is 1.35 bits per heavy atom. The summed E-state index contributed by atoms with van der Waals surface area (Å²) in [5.41, 5.74) is -0.125. The van der Waals surface area contributed by atoms with Crippen LogP contribution in [-0.2, 0) is 6.54 Å². The van der Waals surface area contributed by atoms with E-state index in [2.05, 4.69) is 10.3 Å². The zero-order valence-electron chi connectivity index (χ0n) is 10.6. The molecule has 0 radical (unpaired) electrons. The molecule has 0 unspecified atom stereocenters. The van der Waals surface area contributed by atoms with Gasteiger partial charge in [-0.05, 0) is 11.6 Å². The van der Waals surface area contributed by atoms with Crippen LogP contribution < -0.4 is 16.6 Å². The Bertz CT molecular complexity index is 763. The molecule has 0 saturated heterocycles. The Morgan fingerprint density at radius 2 is 2.10 bits per heavy atom. The van der Waals surface area contributed by atoms with Gasteiger partial charge in [-0.15, -0.1) is 0 Å². The fourth-order valence-electron chi connectivity index (χ4n) is 1.80. The summed E-state index contributed by atoms with van der Waals surface area (Å²) in [7, 11) is 1.59. The molecule has 0 aliphatic carbocycles. The number of hydrogen-bond donors (Lipinski definition) is 2. The molecule has 0 spiro atoms. The highest BCUT2D eigenvalue weighted by Gasteiger charge is 2.13. The quantitative estimate of drug-likeness (QED) is 0.625. The molecule has 1 aromatic heterocycles. The number of nitro benzene ring substituents is 1. The summed E-state index contributed by atoms with van der Waals surface area (Å²) in [6.45, 7) is 0.139. The molecule has 0 bridgehead atoms. The number of H-pyrrole nitrogens is 1. The topological polar surface area (TPSA) is 110 Å². The van der Waals surface area contributed by atoms with Crippen molar-refractivity contribution in [3.63, 3.8) is 0 Å². The average molecular weight is 276 g/mol. The van der Waals surface area contributed by atoms with E-state index >= 15 is 0 Å². The number of rotatable bonds is 4. The van der Waals surface area contributed by atoms with Gasteiger partial charge in [0.25, 0.3) is 11.2 Å². The van der Waals surface area contributed by atoms with Crippen LogP contribution in [0.2, 0.25) is 0 Å². The molecule has 1 heterocycles. The van der Waals surface area contributed by atoms with E-state index in [1.165, 1.54) is 22.9 Å². The molecule has 2 aromatic rings. The zero-order chi connectivity index (χ0) is 14.7. The summed E-state index contributed by atoms with van der Waals surface area (Å²) in [6.07, 6.45) is 1.35. The van der Waals surface area contributed by atoms with Crippen LogP contribution in [-0.4, -0.2) is 21.5 Å². The highest BCUT2D eigenvalue weighted by molar-refractivity contribution is 5.62. The van der Waals surface area contributed by atoms with Crippen LogP contribution in [0.1, 0.15) is 5.56 Å². The smallest absolute Gasteiger partial charge is 0.328 e. The highest BCUT2D eigenvalue weighted by Crippen LogP contribution is 2.25. The van der Waals surface area contributed by atoms with Gasteiger partial charge in [-0.3, -0.25) is 24.5 Å². The second-order valence-electron chi connectivity index (χ2n) is 4.10. The summed E-state index contributed by atoms with van der Waals surface area (Å²) in [4.78, 5) is 35.1. The Balaban J connectivity index is 2.39. The lowest BCUT2D eigenvalue weighted by Crippen LogP contribution is -2.28. The number of anilines is 1. The molecule has 1 aromatic carbocycles. The first-order valence-corrected chi connectivity index (χ1v) is 5.76. The SMILES string of the molecule is CNc1ccc(Cn2ccc(=O)[nH]c2=O)cc1[N+](=O)[O-]. The van der Waals surface area contributed by atoms with Gasteiger partial charge in [-0.1, -0.05) is 6.07 Å². The number of nitrogens with zero attached hydrogens (tertiary/aromatic N) is 2. The maximum Gasteiger partial charge on any atom is 0.328 e. The van der Waals surface area contributed by atoms with Crippen molar-refractivity contribution in [2.45, 2.75) is 6.54 Å². The van der Waals surface area contributed by atoms with Crippen molar-refractivity contribution in [3.05, 3.63) is 67.0 Å². The minimum atomic E-state index is -0.558. The van der Waals surface area contributed by atoms with Crippen LogP contribution in [0.15, 0.2) is 40.1 Å². The number of nitro groups is 1. The van der Waals surface area contributed by atoms with Crippen LogP contribution in [0.5, 0.6) is 0 Å². The molecule has 8 nitrogen and oxygen atoms in total. The summed E-state index contributed by atoms with van der Waals surface area (Å²) < 4.78 is 1.26. The fourth-order valence-corrected chi connectivity index (χ4v) is 1.80. The van der Waals surface area contributed by atoms with E-state index in [-0.39, 0.29) is 12.2 Å². The molecule has 0 atom stereocenters. The lowest BCUT2D eigenvalue weighted by atomic mass is 10.1. The van der Waals surface area contributed by atoms with Crippen LogP contribution in [0.4, 0.5) is 11.4 Å². The first-order chi connectivity index (χ1) is 9.51. The Labute approximate surface area is 112 Å². The van der Waals surface area contributed by atoms with Crippen molar-refractivity contribution in [2.24, 2.45) is 0 Å². The lowest BCUT2D eigenvalue weighted by Gasteiger charge is -2.07. The van der Waals surface area contributed by atoms with E-state index in [1.807, 2.05) is 0 Å². The molecule has 0 fully saturated rings. The maximum atomic E-state index is 11.5. The maximum absolute atomic E-state index is 11.5. The minimum absolute atomic E-state index is 0.0672. The van der Waals surface area contributed by atoms with E-state index in [9.17, 15) is 19.7 Å². The van der Waals surface area contributed by atoms with E-state index in [4.69, 9.17) is 0 Å². The standard InChI is InChI=1S/C12H12N4O4/c1-13-9-3-2-8(6-10(9)16(19)20)7-15-5-4-11(17)14-12(15)18/h2-6,13H,7H2,1H3,(H,14,17,18). The molecule has 0 aliphatic rings. The van der Waals surface area contributed by atoms with Crippen LogP contribution in [0.3, 0.4) is 0 Å². The van der Waals surface area contributed by atoms with Crippen LogP contribution in [0, 0.1) is 10.1 Å². The third-order valence-electron chi connectivity index (χ3n) is 2.78. The summed E-state index contributed by atoms with van der Waals surface area (Å²) in [5, 5.41) is 13.7. The van der Waals surface area contributed by atoms with Crippen molar-refractivity contribution >= 4 is 11.4 Å². The largest absolute Gasteiger partial charge is 0.383 e. The Hall–Kier alpha value is -2.90. The van der Waals surface area contributed by atoms with Crippen molar-refractivity contribution in [1.82, 2.24) is 9.55 Å². The average Bonchev–Trinajstić information content (AvgIpc) is 2.41. The van der Waals surface area contributed by atoms with Crippen molar-refractivity contribution < 1.29 is 4.92 Å². The highest BCUT2D eigenvalue weighted by atomic mass is 16.6. The molecule has 0 saturated carbocycles. The van der Waals surface area contributed by atoms with Gasteiger partial charge in [0, 0.05) is 25.4 Å².